The summed E-state index contributed by atoms with van der Waals surface area (Å²) in [5.74, 6) is 0. The molecule has 0 atom stereocenters. The highest BCUT2D eigenvalue weighted by molar-refractivity contribution is 7.86. The highest BCUT2D eigenvalue weighted by atomic mass is 32.2. The summed E-state index contributed by atoms with van der Waals surface area (Å²) >= 11 is 0. The Morgan fingerprint density at radius 1 is 0.867 bits per heavy atom. The van der Waals surface area contributed by atoms with Gasteiger partial charge >= 0.3 is 0 Å². The van der Waals surface area contributed by atoms with Gasteiger partial charge in [0.15, 0.2) is 0 Å². The lowest BCUT2D eigenvalue weighted by Gasteiger charge is -2.14. The van der Waals surface area contributed by atoms with E-state index in [0.717, 1.165) is 22.6 Å². The molecule has 0 aromatic heterocycles. The summed E-state index contributed by atoms with van der Waals surface area (Å²) in [4.78, 5) is 0. The SMILES string of the molecule is CS(=O)(=O)ON1CCN(OS(C)(=O)=O)C1. The number of nitrogens with zero attached hydrogens (tertiary/aromatic N) is 2. The van der Waals surface area contributed by atoms with Crippen molar-refractivity contribution >= 4 is 20.2 Å². The molecule has 1 saturated heterocycles. The van der Waals surface area contributed by atoms with Crippen molar-refractivity contribution in [2.45, 2.75) is 0 Å². The molecule has 8 nitrogen and oxygen atoms in total. The predicted molar refractivity (Wildman–Crippen MR) is 50.1 cm³/mol. The summed E-state index contributed by atoms with van der Waals surface area (Å²) in [6.45, 7) is 0.464. The van der Waals surface area contributed by atoms with Crippen LogP contribution in [0, 0.1) is 0 Å². The lowest BCUT2D eigenvalue weighted by atomic mass is 10.7. The van der Waals surface area contributed by atoms with Crippen LogP contribution in [0.1, 0.15) is 0 Å². The normalized spacial score (nSPS) is 20.9. The Bertz CT molecular complexity index is 375. The fourth-order valence-corrected chi connectivity index (χ4v) is 2.05. The first-order chi connectivity index (χ1) is 6.66. The van der Waals surface area contributed by atoms with Crippen LogP contribution in [0.25, 0.3) is 0 Å². The van der Waals surface area contributed by atoms with Gasteiger partial charge in [-0.05, 0) is 0 Å². The van der Waals surface area contributed by atoms with Gasteiger partial charge in [0.25, 0.3) is 20.2 Å². The fraction of sp³-hybridized carbons (Fsp3) is 1.00. The zero-order valence-electron chi connectivity index (χ0n) is 8.28. The second kappa shape index (κ2) is 4.31. The Kier molecular flexibility index (Phi) is 3.68. The molecule has 0 N–H and O–H groups in total. The van der Waals surface area contributed by atoms with Crippen molar-refractivity contribution in [3.8, 4) is 0 Å². The molecule has 1 heterocycles. The Balaban J connectivity index is 2.47. The van der Waals surface area contributed by atoms with Crippen LogP contribution in [0.2, 0.25) is 0 Å². The van der Waals surface area contributed by atoms with E-state index in [1.165, 1.54) is 0 Å². The summed E-state index contributed by atoms with van der Waals surface area (Å²) in [6.07, 6.45) is 1.82. The van der Waals surface area contributed by atoms with E-state index in [-0.39, 0.29) is 19.8 Å². The molecule has 0 amide bonds. The highest BCUT2D eigenvalue weighted by Crippen LogP contribution is 2.09. The predicted octanol–water partition coefficient (Wildman–Crippen LogP) is -1.66. The summed E-state index contributed by atoms with van der Waals surface area (Å²) in [6, 6.07) is 0. The lowest BCUT2D eigenvalue weighted by Crippen LogP contribution is -2.29. The maximum absolute atomic E-state index is 10.7. The number of hydrogen-bond donors (Lipinski definition) is 0. The molecule has 10 heteroatoms. The van der Waals surface area contributed by atoms with Crippen LogP contribution in [0.5, 0.6) is 0 Å². The average molecular weight is 260 g/mol. The Labute approximate surface area is 88.5 Å². The molecular formula is C5H12N2O6S2. The summed E-state index contributed by atoms with van der Waals surface area (Å²) in [7, 11) is -7.16. The molecule has 1 rings (SSSR count). The summed E-state index contributed by atoms with van der Waals surface area (Å²) in [5.41, 5.74) is 0. The van der Waals surface area contributed by atoms with E-state index in [2.05, 4.69) is 8.57 Å². The first kappa shape index (κ1) is 12.8. The summed E-state index contributed by atoms with van der Waals surface area (Å²) in [5, 5.41) is 2.20. The first-order valence-electron chi connectivity index (χ1n) is 3.95. The van der Waals surface area contributed by atoms with Crippen LogP contribution < -0.4 is 0 Å². The molecule has 0 aromatic carbocycles. The van der Waals surface area contributed by atoms with Gasteiger partial charge < -0.3 is 0 Å². The third-order valence-corrected chi connectivity index (χ3v) is 2.36. The topological polar surface area (TPSA) is 93.2 Å². The second-order valence-corrected chi connectivity index (χ2v) is 6.22. The molecular weight excluding hydrogens is 248 g/mol. The quantitative estimate of drug-likeness (QED) is 0.593. The lowest BCUT2D eigenvalue weighted by molar-refractivity contribution is -0.101. The maximum Gasteiger partial charge on any atom is 0.280 e. The number of rotatable bonds is 4. The minimum absolute atomic E-state index is 0.0415. The minimum Gasteiger partial charge on any atom is -0.198 e. The van der Waals surface area contributed by atoms with Crippen LogP contribution in [-0.2, 0) is 28.8 Å². The van der Waals surface area contributed by atoms with E-state index >= 15 is 0 Å². The van der Waals surface area contributed by atoms with Crippen molar-refractivity contribution in [1.29, 1.82) is 0 Å². The highest BCUT2D eigenvalue weighted by Gasteiger charge is 2.26. The monoisotopic (exact) mass is 260 g/mol. The van der Waals surface area contributed by atoms with Gasteiger partial charge in [-0.3, -0.25) is 0 Å². The third-order valence-electron chi connectivity index (χ3n) is 1.40. The zero-order valence-corrected chi connectivity index (χ0v) is 9.91. The number of hydroxylamine groups is 4. The van der Waals surface area contributed by atoms with Gasteiger partial charge in [-0.2, -0.15) is 35.5 Å². The van der Waals surface area contributed by atoms with Crippen molar-refractivity contribution in [3.63, 3.8) is 0 Å². The molecule has 1 aliphatic heterocycles. The Morgan fingerprint density at radius 3 is 1.47 bits per heavy atom. The van der Waals surface area contributed by atoms with E-state index in [0.29, 0.717) is 0 Å². The minimum atomic E-state index is -3.58. The van der Waals surface area contributed by atoms with Crippen molar-refractivity contribution in [1.82, 2.24) is 10.1 Å². The molecule has 0 aromatic rings. The standard InChI is InChI=1S/C5H12N2O6S2/c1-14(8,9)12-6-3-4-7(5-6)13-15(2,10)11/h3-5H2,1-2H3. The van der Waals surface area contributed by atoms with Crippen LogP contribution in [-0.4, -0.2) is 59.2 Å². The van der Waals surface area contributed by atoms with Gasteiger partial charge in [-0.15, -0.1) is 0 Å². The fourth-order valence-electron chi connectivity index (χ4n) is 1.05. The third kappa shape index (κ3) is 5.39. The van der Waals surface area contributed by atoms with Crippen molar-refractivity contribution in [3.05, 3.63) is 0 Å². The Morgan fingerprint density at radius 2 is 1.20 bits per heavy atom. The molecule has 90 valence electrons. The van der Waals surface area contributed by atoms with Crippen molar-refractivity contribution in [2.24, 2.45) is 0 Å². The number of hydrogen-bond acceptors (Lipinski definition) is 8. The molecule has 1 fully saturated rings. The molecule has 1 aliphatic rings. The molecule has 0 radical (unpaired) electrons. The van der Waals surface area contributed by atoms with Gasteiger partial charge in [0.1, 0.15) is 6.67 Å². The van der Waals surface area contributed by atoms with Gasteiger partial charge in [-0.25, -0.2) is 0 Å². The van der Waals surface area contributed by atoms with E-state index in [1.807, 2.05) is 0 Å². The zero-order chi connectivity index (χ0) is 11.7. The van der Waals surface area contributed by atoms with Crippen LogP contribution >= 0.6 is 0 Å². The first-order valence-corrected chi connectivity index (χ1v) is 7.58. The van der Waals surface area contributed by atoms with E-state index in [1.54, 1.807) is 0 Å². The van der Waals surface area contributed by atoms with E-state index < -0.39 is 20.2 Å². The molecule has 15 heavy (non-hydrogen) atoms. The molecule has 0 saturated carbocycles. The average Bonchev–Trinajstić information content (AvgIpc) is 2.28. The largest absolute Gasteiger partial charge is 0.280 e. The van der Waals surface area contributed by atoms with Gasteiger partial charge in [0.05, 0.1) is 12.5 Å². The van der Waals surface area contributed by atoms with Crippen LogP contribution in [0.4, 0.5) is 0 Å². The molecule has 0 unspecified atom stereocenters. The summed E-state index contributed by atoms with van der Waals surface area (Å²) < 4.78 is 52.0. The maximum atomic E-state index is 10.7. The molecule has 0 bridgehead atoms. The molecule has 0 aliphatic carbocycles. The Hall–Kier alpha value is -0.260. The van der Waals surface area contributed by atoms with Gasteiger partial charge in [0, 0.05) is 13.1 Å². The van der Waals surface area contributed by atoms with Gasteiger partial charge in [0.2, 0.25) is 0 Å². The second-order valence-electron chi connectivity index (χ2n) is 3.11. The molecule has 0 spiro atoms. The van der Waals surface area contributed by atoms with Gasteiger partial charge in [-0.1, -0.05) is 0 Å². The van der Waals surface area contributed by atoms with E-state index in [4.69, 9.17) is 0 Å². The van der Waals surface area contributed by atoms with Crippen LogP contribution in [0.15, 0.2) is 0 Å². The van der Waals surface area contributed by atoms with Crippen LogP contribution in [0.3, 0.4) is 0 Å². The smallest absolute Gasteiger partial charge is 0.198 e. The van der Waals surface area contributed by atoms with Crippen molar-refractivity contribution in [2.75, 3.05) is 32.3 Å². The van der Waals surface area contributed by atoms with Crippen molar-refractivity contribution < 1.29 is 25.4 Å². The van der Waals surface area contributed by atoms with E-state index in [9.17, 15) is 16.8 Å².